The molecule has 8 heteroatoms. The van der Waals surface area contributed by atoms with E-state index in [9.17, 15) is 17.6 Å². The summed E-state index contributed by atoms with van der Waals surface area (Å²) in [5, 5.41) is 2.77. The van der Waals surface area contributed by atoms with Crippen LogP contribution in [-0.4, -0.2) is 33.6 Å². The third-order valence-corrected chi connectivity index (χ3v) is 5.44. The molecule has 1 heterocycles. The summed E-state index contributed by atoms with van der Waals surface area (Å²) in [6.07, 6.45) is 1.84. The molecule has 1 aliphatic rings. The minimum absolute atomic E-state index is 0.0120. The van der Waals surface area contributed by atoms with Crippen LogP contribution in [0, 0.1) is 5.82 Å². The molecule has 0 aliphatic carbocycles. The first-order valence-electron chi connectivity index (χ1n) is 8.23. The first-order valence-corrected chi connectivity index (χ1v) is 9.71. The number of carbonyl (C=O) groups excluding carboxylic acids is 1. The molecule has 0 radical (unpaired) electrons. The lowest BCUT2D eigenvalue weighted by Crippen LogP contribution is -2.32. The minimum atomic E-state index is -3.94. The number of hydrogen-bond donors (Lipinski definition) is 2. The van der Waals surface area contributed by atoms with Gasteiger partial charge in [-0.1, -0.05) is 12.1 Å². The molecule has 1 atom stereocenters. The lowest BCUT2D eigenvalue weighted by Gasteiger charge is -2.14. The number of carbonyl (C=O) groups is 1. The fraction of sp³-hybridized carbons (Fsp3) is 0.278. The van der Waals surface area contributed by atoms with Gasteiger partial charge in [-0.3, -0.25) is 9.52 Å². The SMILES string of the molecule is O=C(NCC1CCCO1)c1ccccc1NS(=O)(=O)c1ccc(F)cc1. The average molecular weight is 378 g/mol. The number of rotatable bonds is 6. The van der Waals surface area contributed by atoms with Gasteiger partial charge in [-0.25, -0.2) is 12.8 Å². The molecule has 1 amide bonds. The van der Waals surface area contributed by atoms with Gasteiger partial charge in [-0.2, -0.15) is 0 Å². The lowest BCUT2D eigenvalue weighted by atomic mass is 10.1. The standard InChI is InChI=1S/C18H19FN2O4S/c19-13-7-9-15(10-8-13)26(23,24)21-17-6-2-1-5-16(17)18(22)20-12-14-4-3-11-25-14/h1-2,5-10,14,21H,3-4,11-12H2,(H,20,22). The maximum atomic E-state index is 13.0. The van der Waals surface area contributed by atoms with Crippen LogP contribution in [0.1, 0.15) is 23.2 Å². The maximum absolute atomic E-state index is 13.0. The number of halogens is 1. The van der Waals surface area contributed by atoms with E-state index in [1.165, 1.54) is 12.1 Å². The van der Waals surface area contributed by atoms with Crippen LogP contribution in [0.4, 0.5) is 10.1 Å². The van der Waals surface area contributed by atoms with E-state index in [0.29, 0.717) is 13.2 Å². The molecular weight excluding hydrogens is 359 g/mol. The normalized spacial score (nSPS) is 17.0. The largest absolute Gasteiger partial charge is 0.376 e. The van der Waals surface area contributed by atoms with Gasteiger partial charge in [0.05, 0.1) is 22.3 Å². The van der Waals surface area contributed by atoms with Crippen molar-refractivity contribution >= 4 is 21.6 Å². The summed E-state index contributed by atoms with van der Waals surface area (Å²) >= 11 is 0. The summed E-state index contributed by atoms with van der Waals surface area (Å²) in [5.74, 6) is -0.921. The predicted octanol–water partition coefficient (Wildman–Crippen LogP) is 2.54. The van der Waals surface area contributed by atoms with Crippen LogP contribution in [0.15, 0.2) is 53.4 Å². The van der Waals surface area contributed by atoms with E-state index < -0.39 is 21.7 Å². The van der Waals surface area contributed by atoms with Crippen LogP contribution in [-0.2, 0) is 14.8 Å². The van der Waals surface area contributed by atoms with Crippen LogP contribution in [0.5, 0.6) is 0 Å². The number of nitrogens with one attached hydrogen (secondary N) is 2. The highest BCUT2D eigenvalue weighted by atomic mass is 32.2. The Labute approximate surface area is 151 Å². The van der Waals surface area contributed by atoms with Crippen LogP contribution in [0.25, 0.3) is 0 Å². The molecule has 26 heavy (non-hydrogen) atoms. The Kier molecular flexibility index (Phi) is 5.53. The summed E-state index contributed by atoms with van der Waals surface area (Å²) in [7, 11) is -3.94. The fourth-order valence-electron chi connectivity index (χ4n) is 2.69. The van der Waals surface area contributed by atoms with E-state index in [4.69, 9.17) is 4.74 Å². The lowest BCUT2D eigenvalue weighted by molar-refractivity contribution is 0.0858. The van der Waals surface area contributed by atoms with Gasteiger partial charge >= 0.3 is 0 Å². The second kappa shape index (κ2) is 7.84. The number of hydrogen-bond acceptors (Lipinski definition) is 4. The van der Waals surface area contributed by atoms with Crippen LogP contribution >= 0.6 is 0 Å². The molecule has 1 aliphatic heterocycles. The maximum Gasteiger partial charge on any atom is 0.261 e. The van der Waals surface area contributed by atoms with Gasteiger partial charge in [-0.05, 0) is 49.2 Å². The number of anilines is 1. The van der Waals surface area contributed by atoms with Crippen LogP contribution in [0.2, 0.25) is 0 Å². The van der Waals surface area contributed by atoms with Gasteiger partial charge in [0.15, 0.2) is 0 Å². The molecule has 0 bridgehead atoms. The highest BCUT2D eigenvalue weighted by Crippen LogP contribution is 2.20. The van der Waals surface area contributed by atoms with Crippen LogP contribution < -0.4 is 10.0 Å². The molecule has 6 nitrogen and oxygen atoms in total. The van der Waals surface area contributed by atoms with Crippen molar-refractivity contribution in [3.8, 4) is 0 Å². The van der Waals surface area contributed by atoms with Crippen molar-refractivity contribution in [2.45, 2.75) is 23.8 Å². The highest BCUT2D eigenvalue weighted by molar-refractivity contribution is 7.92. The Balaban J connectivity index is 1.75. The number of para-hydroxylation sites is 1. The Bertz CT molecular complexity index is 878. The molecule has 0 aromatic heterocycles. The number of ether oxygens (including phenoxy) is 1. The van der Waals surface area contributed by atoms with Gasteiger partial charge in [0.1, 0.15) is 5.82 Å². The van der Waals surface area contributed by atoms with Crippen molar-refractivity contribution in [3.05, 3.63) is 59.9 Å². The Morgan fingerprint density at radius 2 is 1.88 bits per heavy atom. The fourth-order valence-corrected chi connectivity index (χ4v) is 3.77. The highest BCUT2D eigenvalue weighted by Gasteiger charge is 2.20. The predicted molar refractivity (Wildman–Crippen MR) is 95.0 cm³/mol. The second-order valence-electron chi connectivity index (χ2n) is 5.95. The van der Waals surface area contributed by atoms with E-state index in [1.54, 1.807) is 12.1 Å². The van der Waals surface area contributed by atoms with Gasteiger partial charge in [0, 0.05) is 13.2 Å². The zero-order valence-corrected chi connectivity index (χ0v) is 14.8. The van der Waals surface area contributed by atoms with Crippen molar-refractivity contribution in [2.24, 2.45) is 0 Å². The molecule has 1 fully saturated rings. The quantitative estimate of drug-likeness (QED) is 0.809. The third kappa shape index (κ3) is 4.39. The molecule has 138 valence electrons. The summed E-state index contributed by atoms with van der Waals surface area (Å²) < 4.78 is 45.8. The van der Waals surface area contributed by atoms with Gasteiger partial charge < -0.3 is 10.1 Å². The van der Waals surface area contributed by atoms with Crippen molar-refractivity contribution < 1.29 is 22.3 Å². The van der Waals surface area contributed by atoms with E-state index in [2.05, 4.69) is 10.0 Å². The van der Waals surface area contributed by atoms with E-state index >= 15 is 0 Å². The molecular formula is C18H19FN2O4S. The summed E-state index contributed by atoms with van der Waals surface area (Å²) in [6, 6.07) is 10.8. The zero-order chi connectivity index (χ0) is 18.6. The van der Waals surface area contributed by atoms with Crippen molar-refractivity contribution in [2.75, 3.05) is 17.9 Å². The van der Waals surface area contributed by atoms with Crippen LogP contribution in [0.3, 0.4) is 0 Å². The van der Waals surface area contributed by atoms with Crippen molar-refractivity contribution in [3.63, 3.8) is 0 Å². The molecule has 0 saturated carbocycles. The summed E-state index contributed by atoms with van der Waals surface area (Å²) in [6.45, 7) is 1.06. The molecule has 1 saturated heterocycles. The average Bonchev–Trinajstić information content (AvgIpc) is 3.14. The van der Waals surface area contributed by atoms with E-state index in [0.717, 1.165) is 37.1 Å². The number of amides is 1. The second-order valence-corrected chi connectivity index (χ2v) is 7.63. The Morgan fingerprint density at radius 1 is 1.15 bits per heavy atom. The van der Waals surface area contributed by atoms with E-state index in [-0.39, 0.29) is 22.3 Å². The van der Waals surface area contributed by atoms with E-state index in [1.807, 2.05) is 0 Å². The number of benzene rings is 2. The Hall–Kier alpha value is -2.45. The van der Waals surface area contributed by atoms with Gasteiger partial charge in [0.2, 0.25) is 0 Å². The molecule has 1 unspecified atom stereocenters. The monoisotopic (exact) mass is 378 g/mol. The molecule has 3 rings (SSSR count). The minimum Gasteiger partial charge on any atom is -0.376 e. The van der Waals surface area contributed by atoms with Gasteiger partial charge in [0.25, 0.3) is 15.9 Å². The first-order chi connectivity index (χ1) is 12.5. The first kappa shape index (κ1) is 18.3. The number of sulfonamides is 1. The Morgan fingerprint density at radius 3 is 2.58 bits per heavy atom. The zero-order valence-electron chi connectivity index (χ0n) is 13.9. The topological polar surface area (TPSA) is 84.5 Å². The summed E-state index contributed by atoms with van der Waals surface area (Å²) in [5.41, 5.74) is 0.359. The van der Waals surface area contributed by atoms with Gasteiger partial charge in [-0.15, -0.1) is 0 Å². The summed E-state index contributed by atoms with van der Waals surface area (Å²) in [4.78, 5) is 12.3. The third-order valence-electron chi connectivity index (χ3n) is 4.05. The molecule has 2 aromatic rings. The molecule has 2 N–H and O–H groups in total. The smallest absolute Gasteiger partial charge is 0.261 e. The molecule has 0 spiro atoms. The van der Waals surface area contributed by atoms with Crippen molar-refractivity contribution in [1.82, 2.24) is 5.32 Å². The van der Waals surface area contributed by atoms with Crippen molar-refractivity contribution in [1.29, 1.82) is 0 Å². The molecule has 2 aromatic carbocycles.